The van der Waals surface area contributed by atoms with Crippen LogP contribution in [0.25, 0.3) is 0 Å². The zero-order valence-electron chi connectivity index (χ0n) is 42.7. The SMILES string of the molecule is CC/C=C/C=C/C=C/C=C/C=C/CCCC(=O)OCC(COC(=O)CCCCCCC/C=C/C=C/C=C/CCCCCCC)OC(=O)CCCCCCCCC/C=C/CCCCCCCC. The highest BCUT2D eigenvalue weighted by molar-refractivity contribution is 5.71. The Bertz CT molecular complexity index is 1370. The molecule has 0 saturated carbocycles. The molecule has 0 rings (SSSR count). The summed E-state index contributed by atoms with van der Waals surface area (Å²) in [7, 11) is 0. The van der Waals surface area contributed by atoms with E-state index in [2.05, 4.69) is 75.5 Å². The van der Waals surface area contributed by atoms with Crippen molar-refractivity contribution in [2.45, 2.75) is 239 Å². The summed E-state index contributed by atoms with van der Waals surface area (Å²) in [5, 5.41) is 0. The molecule has 0 spiro atoms. The molecular formula is C60H98O6. The Labute approximate surface area is 406 Å². The number of carbonyl (C=O) groups excluding carboxylic acids is 3. The Morgan fingerprint density at radius 1 is 0.318 bits per heavy atom. The lowest BCUT2D eigenvalue weighted by Crippen LogP contribution is -2.30. The zero-order chi connectivity index (χ0) is 47.9. The van der Waals surface area contributed by atoms with Crippen LogP contribution < -0.4 is 0 Å². The number of hydrogen-bond donors (Lipinski definition) is 0. The van der Waals surface area contributed by atoms with Gasteiger partial charge in [-0.3, -0.25) is 14.4 Å². The summed E-state index contributed by atoms with van der Waals surface area (Å²) in [6.07, 6.45) is 72.2. The lowest BCUT2D eigenvalue weighted by atomic mass is 10.1. The molecule has 0 aromatic rings. The van der Waals surface area contributed by atoms with Crippen LogP contribution in [0.15, 0.2) is 109 Å². The third-order valence-electron chi connectivity index (χ3n) is 11.2. The fraction of sp³-hybridized carbons (Fsp3) is 0.650. The van der Waals surface area contributed by atoms with E-state index in [1.165, 1.54) is 109 Å². The van der Waals surface area contributed by atoms with Crippen molar-refractivity contribution in [3.8, 4) is 0 Å². The third-order valence-corrected chi connectivity index (χ3v) is 11.2. The summed E-state index contributed by atoms with van der Waals surface area (Å²) < 4.78 is 16.7. The van der Waals surface area contributed by atoms with Crippen LogP contribution in [0.3, 0.4) is 0 Å². The van der Waals surface area contributed by atoms with Crippen molar-refractivity contribution in [1.82, 2.24) is 0 Å². The predicted molar refractivity (Wildman–Crippen MR) is 283 cm³/mol. The molecule has 0 aromatic carbocycles. The van der Waals surface area contributed by atoms with Crippen LogP contribution in [-0.4, -0.2) is 37.2 Å². The van der Waals surface area contributed by atoms with Crippen LogP contribution in [0, 0.1) is 0 Å². The first-order chi connectivity index (χ1) is 32.5. The number of ether oxygens (including phenoxy) is 3. The van der Waals surface area contributed by atoms with Crippen LogP contribution in [-0.2, 0) is 28.6 Å². The number of carbonyl (C=O) groups is 3. The summed E-state index contributed by atoms with van der Waals surface area (Å²) in [5.41, 5.74) is 0. The first kappa shape index (κ1) is 62.1. The molecule has 6 nitrogen and oxygen atoms in total. The molecular weight excluding hydrogens is 817 g/mol. The highest BCUT2D eigenvalue weighted by Crippen LogP contribution is 2.14. The molecule has 0 radical (unpaired) electrons. The number of hydrogen-bond acceptors (Lipinski definition) is 6. The Morgan fingerprint density at radius 3 is 1.03 bits per heavy atom. The number of unbranched alkanes of at least 4 members (excludes halogenated alkanes) is 24. The predicted octanol–water partition coefficient (Wildman–Crippen LogP) is 17.9. The molecule has 0 amide bonds. The van der Waals surface area contributed by atoms with Crippen LogP contribution in [0.5, 0.6) is 0 Å². The van der Waals surface area contributed by atoms with E-state index in [0.717, 1.165) is 77.0 Å². The average molecular weight is 915 g/mol. The molecule has 66 heavy (non-hydrogen) atoms. The number of allylic oxidation sites excluding steroid dienone is 18. The topological polar surface area (TPSA) is 78.9 Å². The average Bonchev–Trinajstić information content (AvgIpc) is 3.31. The van der Waals surface area contributed by atoms with Gasteiger partial charge >= 0.3 is 17.9 Å². The Kier molecular flexibility index (Phi) is 50.5. The van der Waals surface area contributed by atoms with E-state index in [-0.39, 0.29) is 37.5 Å². The Morgan fingerprint density at radius 2 is 0.621 bits per heavy atom. The summed E-state index contributed by atoms with van der Waals surface area (Å²) in [6.45, 7) is 6.38. The lowest BCUT2D eigenvalue weighted by Gasteiger charge is -2.18. The second kappa shape index (κ2) is 53.7. The van der Waals surface area contributed by atoms with Gasteiger partial charge in [0.25, 0.3) is 0 Å². The van der Waals surface area contributed by atoms with Crippen LogP contribution in [0.4, 0.5) is 0 Å². The number of esters is 3. The maximum absolute atomic E-state index is 12.8. The molecule has 0 bridgehead atoms. The van der Waals surface area contributed by atoms with Gasteiger partial charge in [0.05, 0.1) is 0 Å². The molecule has 0 aromatic heterocycles. The zero-order valence-corrected chi connectivity index (χ0v) is 42.7. The molecule has 0 heterocycles. The largest absolute Gasteiger partial charge is 0.462 e. The van der Waals surface area contributed by atoms with Gasteiger partial charge < -0.3 is 14.2 Å². The summed E-state index contributed by atoms with van der Waals surface area (Å²) in [4.78, 5) is 38.0. The Balaban J connectivity index is 4.52. The molecule has 0 saturated heterocycles. The van der Waals surface area contributed by atoms with Crippen LogP contribution in [0.1, 0.15) is 233 Å². The van der Waals surface area contributed by atoms with Crippen molar-refractivity contribution >= 4 is 17.9 Å². The molecule has 0 aliphatic rings. The maximum atomic E-state index is 12.8. The van der Waals surface area contributed by atoms with E-state index < -0.39 is 6.10 Å². The van der Waals surface area contributed by atoms with Crippen LogP contribution in [0.2, 0.25) is 0 Å². The van der Waals surface area contributed by atoms with E-state index in [1.807, 2.05) is 54.7 Å². The van der Waals surface area contributed by atoms with Crippen molar-refractivity contribution < 1.29 is 28.6 Å². The van der Waals surface area contributed by atoms with Gasteiger partial charge in [0.2, 0.25) is 0 Å². The normalized spacial score (nSPS) is 13.0. The minimum Gasteiger partial charge on any atom is -0.462 e. The maximum Gasteiger partial charge on any atom is 0.306 e. The van der Waals surface area contributed by atoms with Crippen molar-refractivity contribution in [3.63, 3.8) is 0 Å². The van der Waals surface area contributed by atoms with Crippen molar-refractivity contribution in [3.05, 3.63) is 109 Å². The van der Waals surface area contributed by atoms with Crippen molar-refractivity contribution in [2.75, 3.05) is 13.2 Å². The van der Waals surface area contributed by atoms with Gasteiger partial charge in [-0.05, 0) is 83.5 Å². The van der Waals surface area contributed by atoms with E-state index in [9.17, 15) is 14.4 Å². The summed E-state index contributed by atoms with van der Waals surface area (Å²) >= 11 is 0. The van der Waals surface area contributed by atoms with E-state index in [1.54, 1.807) is 0 Å². The summed E-state index contributed by atoms with van der Waals surface area (Å²) in [5.74, 6) is -1.02. The molecule has 1 unspecified atom stereocenters. The highest BCUT2D eigenvalue weighted by atomic mass is 16.6. The molecule has 0 fully saturated rings. The molecule has 0 aliphatic heterocycles. The van der Waals surface area contributed by atoms with Gasteiger partial charge in [0, 0.05) is 19.3 Å². The second-order valence-corrected chi connectivity index (χ2v) is 17.6. The molecule has 0 aliphatic carbocycles. The molecule has 0 N–H and O–H groups in total. The van der Waals surface area contributed by atoms with Gasteiger partial charge in [-0.2, -0.15) is 0 Å². The van der Waals surface area contributed by atoms with E-state index >= 15 is 0 Å². The highest BCUT2D eigenvalue weighted by Gasteiger charge is 2.19. The fourth-order valence-corrected chi connectivity index (χ4v) is 7.11. The standard InChI is InChI=1S/C60H98O6/c1-4-7-10-13-16-19-22-25-27-29-31-32-35-38-41-44-47-50-53-59(62)65-56-57(55-64-58(61)52-49-46-43-40-37-34-24-21-18-15-12-9-6-3)66-60(63)54-51-48-45-42-39-36-33-30-28-26-23-20-17-14-11-8-5-2/h9,12,15,18,21-22,24-29,31-32,34,37,40,43,57H,4-8,10-11,13-14,16-17,19-20,23,30,33,35-36,38-39,41-42,44-56H2,1-3H3/b12-9+,18-15+,24-21+,25-22+,28-26+,29-27+,32-31+,37-34+,43-40+. The minimum absolute atomic E-state index is 0.115. The lowest BCUT2D eigenvalue weighted by molar-refractivity contribution is -0.167. The summed E-state index contributed by atoms with van der Waals surface area (Å²) in [6, 6.07) is 0. The van der Waals surface area contributed by atoms with Gasteiger partial charge in [0.1, 0.15) is 13.2 Å². The van der Waals surface area contributed by atoms with Crippen LogP contribution >= 0.6 is 0 Å². The first-order valence-electron chi connectivity index (χ1n) is 27.0. The first-order valence-corrected chi connectivity index (χ1v) is 27.0. The van der Waals surface area contributed by atoms with Gasteiger partial charge in [-0.15, -0.1) is 0 Å². The van der Waals surface area contributed by atoms with Crippen molar-refractivity contribution in [1.29, 1.82) is 0 Å². The van der Waals surface area contributed by atoms with E-state index in [4.69, 9.17) is 14.2 Å². The van der Waals surface area contributed by atoms with Gasteiger partial charge in [0.15, 0.2) is 6.10 Å². The molecule has 374 valence electrons. The number of rotatable bonds is 47. The fourth-order valence-electron chi connectivity index (χ4n) is 7.11. The van der Waals surface area contributed by atoms with Gasteiger partial charge in [-0.1, -0.05) is 239 Å². The molecule has 6 heteroatoms. The Hall–Kier alpha value is -3.93. The minimum atomic E-state index is -0.819. The van der Waals surface area contributed by atoms with Gasteiger partial charge in [-0.25, -0.2) is 0 Å². The third kappa shape index (κ3) is 51.1. The molecule has 1 atom stereocenters. The quantitative estimate of drug-likeness (QED) is 0.0199. The smallest absolute Gasteiger partial charge is 0.306 e. The second-order valence-electron chi connectivity index (χ2n) is 17.6. The van der Waals surface area contributed by atoms with Crippen molar-refractivity contribution in [2.24, 2.45) is 0 Å². The monoisotopic (exact) mass is 915 g/mol. The van der Waals surface area contributed by atoms with E-state index in [0.29, 0.717) is 19.3 Å².